The number of hydrogen-bond acceptors (Lipinski definition) is 6. The maximum Gasteiger partial charge on any atom is 0.337 e. The first-order valence-electron chi connectivity index (χ1n) is 8.14. The lowest BCUT2D eigenvalue weighted by atomic mass is 10.1. The summed E-state index contributed by atoms with van der Waals surface area (Å²) in [7, 11) is -1.24. The third-order valence-corrected chi connectivity index (χ3v) is 5.58. The Bertz CT molecular complexity index is 935. The van der Waals surface area contributed by atoms with E-state index in [2.05, 4.69) is 14.2 Å². The van der Waals surface area contributed by atoms with Crippen LogP contribution in [0.15, 0.2) is 47.4 Å². The zero-order chi connectivity index (χ0) is 20.0. The monoisotopic (exact) mass is 391 g/mol. The van der Waals surface area contributed by atoms with Crippen LogP contribution in [0.2, 0.25) is 0 Å². The average molecular weight is 391 g/mol. The van der Waals surface area contributed by atoms with E-state index in [1.165, 1.54) is 26.4 Å². The number of benzene rings is 2. The van der Waals surface area contributed by atoms with Gasteiger partial charge in [-0.25, -0.2) is 22.7 Å². The van der Waals surface area contributed by atoms with Gasteiger partial charge in [-0.2, -0.15) is 0 Å². The number of esters is 2. The van der Waals surface area contributed by atoms with Crippen LogP contribution in [0.4, 0.5) is 0 Å². The Balaban J connectivity index is 2.07. The number of sulfonamides is 1. The Morgan fingerprint density at radius 3 is 2.07 bits per heavy atom. The number of nitrogens with one attached hydrogen (secondary N) is 1. The van der Waals surface area contributed by atoms with Crippen LogP contribution in [-0.4, -0.2) is 41.1 Å². The molecule has 27 heavy (non-hydrogen) atoms. The molecule has 144 valence electrons. The quantitative estimate of drug-likeness (QED) is 0.726. The first-order chi connectivity index (χ1) is 12.8. The van der Waals surface area contributed by atoms with Crippen molar-refractivity contribution in [3.63, 3.8) is 0 Å². The van der Waals surface area contributed by atoms with Crippen LogP contribution in [0, 0.1) is 6.92 Å². The van der Waals surface area contributed by atoms with Crippen LogP contribution in [0.25, 0.3) is 0 Å². The van der Waals surface area contributed by atoms with Gasteiger partial charge < -0.3 is 9.47 Å². The van der Waals surface area contributed by atoms with Gasteiger partial charge in [-0.05, 0) is 48.7 Å². The predicted molar refractivity (Wildman–Crippen MR) is 99.2 cm³/mol. The molecule has 0 saturated carbocycles. The summed E-state index contributed by atoms with van der Waals surface area (Å²) in [5, 5.41) is 0. The molecule has 0 aliphatic rings. The molecular formula is C19H21NO6S. The molecule has 2 rings (SSSR count). The number of carbonyl (C=O) groups is 2. The molecule has 2 aromatic rings. The summed E-state index contributed by atoms with van der Waals surface area (Å²) >= 11 is 0. The van der Waals surface area contributed by atoms with E-state index in [0.29, 0.717) is 17.5 Å². The number of aryl methyl sites for hydroxylation is 1. The van der Waals surface area contributed by atoms with E-state index in [0.717, 1.165) is 5.56 Å². The van der Waals surface area contributed by atoms with Gasteiger partial charge >= 0.3 is 11.9 Å². The van der Waals surface area contributed by atoms with Crippen molar-refractivity contribution < 1.29 is 27.5 Å². The Kier molecular flexibility index (Phi) is 6.70. The molecule has 0 bridgehead atoms. The number of ether oxygens (including phenoxy) is 2. The number of methoxy groups -OCH3 is 2. The van der Waals surface area contributed by atoms with E-state index in [4.69, 9.17) is 0 Å². The first-order valence-corrected chi connectivity index (χ1v) is 9.62. The minimum absolute atomic E-state index is 0.0337. The molecule has 0 spiro atoms. The van der Waals surface area contributed by atoms with E-state index in [1.54, 1.807) is 37.3 Å². The molecule has 0 atom stereocenters. The van der Waals surface area contributed by atoms with E-state index < -0.39 is 22.0 Å². The van der Waals surface area contributed by atoms with Gasteiger partial charge in [-0.3, -0.25) is 0 Å². The highest BCUT2D eigenvalue weighted by molar-refractivity contribution is 7.89. The molecule has 0 aliphatic heterocycles. The highest BCUT2D eigenvalue weighted by Crippen LogP contribution is 2.18. The average Bonchev–Trinajstić information content (AvgIpc) is 2.67. The third-order valence-electron chi connectivity index (χ3n) is 3.98. The zero-order valence-corrected chi connectivity index (χ0v) is 16.1. The second-order valence-electron chi connectivity index (χ2n) is 5.81. The van der Waals surface area contributed by atoms with Crippen LogP contribution in [0.1, 0.15) is 31.8 Å². The fourth-order valence-electron chi connectivity index (χ4n) is 2.47. The summed E-state index contributed by atoms with van der Waals surface area (Å²) in [6, 6.07) is 11.1. The van der Waals surface area contributed by atoms with Gasteiger partial charge in [0, 0.05) is 6.54 Å². The Labute approximate surface area is 158 Å². The van der Waals surface area contributed by atoms with Gasteiger partial charge in [0.1, 0.15) is 0 Å². The Morgan fingerprint density at radius 1 is 0.926 bits per heavy atom. The maximum absolute atomic E-state index is 12.6. The standard InChI is InChI=1S/C19H21NO6S/c1-13-4-7-16(19(22)26-3)12-17(13)27(23,24)20-11-10-14-5-8-15(9-6-14)18(21)25-2/h4-9,12,20H,10-11H2,1-3H3. The lowest BCUT2D eigenvalue weighted by Crippen LogP contribution is -2.27. The molecule has 0 radical (unpaired) electrons. The molecule has 2 aromatic carbocycles. The summed E-state index contributed by atoms with van der Waals surface area (Å²) < 4.78 is 36.9. The second-order valence-corrected chi connectivity index (χ2v) is 7.54. The highest BCUT2D eigenvalue weighted by Gasteiger charge is 2.19. The molecule has 8 heteroatoms. The van der Waals surface area contributed by atoms with Crippen molar-refractivity contribution in [1.82, 2.24) is 4.72 Å². The fourth-order valence-corrected chi connectivity index (χ4v) is 3.77. The molecule has 0 aliphatic carbocycles. The Morgan fingerprint density at radius 2 is 1.48 bits per heavy atom. The van der Waals surface area contributed by atoms with Crippen LogP contribution < -0.4 is 4.72 Å². The smallest absolute Gasteiger partial charge is 0.337 e. The van der Waals surface area contributed by atoms with Gasteiger partial charge in [-0.1, -0.05) is 18.2 Å². The van der Waals surface area contributed by atoms with Crippen LogP contribution in [-0.2, 0) is 25.9 Å². The molecule has 0 unspecified atom stereocenters. The van der Waals surface area contributed by atoms with Crippen molar-refractivity contribution in [1.29, 1.82) is 0 Å². The highest BCUT2D eigenvalue weighted by atomic mass is 32.2. The van der Waals surface area contributed by atoms with Crippen LogP contribution in [0.5, 0.6) is 0 Å². The van der Waals surface area contributed by atoms with Gasteiger partial charge in [0.2, 0.25) is 10.0 Å². The maximum atomic E-state index is 12.6. The van der Waals surface area contributed by atoms with Crippen molar-refractivity contribution in [2.24, 2.45) is 0 Å². The summed E-state index contributed by atoms with van der Waals surface area (Å²) in [5.74, 6) is -1.03. The largest absolute Gasteiger partial charge is 0.465 e. The van der Waals surface area contributed by atoms with Crippen LogP contribution >= 0.6 is 0 Å². The van der Waals surface area contributed by atoms with Crippen molar-refractivity contribution in [2.75, 3.05) is 20.8 Å². The van der Waals surface area contributed by atoms with Crippen molar-refractivity contribution in [3.8, 4) is 0 Å². The molecular weight excluding hydrogens is 370 g/mol. The van der Waals surface area contributed by atoms with E-state index in [1.807, 2.05) is 0 Å². The summed E-state index contributed by atoms with van der Waals surface area (Å²) in [5.41, 5.74) is 1.99. The second kappa shape index (κ2) is 8.79. The molecule has 0 amide bonds. The van der Waals surface area contributed by atoms with Crippen molar-refractivity contribution >= 4 is 22.0 Å². The zero-order valence-electron chi connectivity index (χ0n) is 15.3. The molecule has 0 aromatic heterocycles. The van der Waals surface area contributed by atoms with Gasteiger partial charge in [0.05, 0.1) is 30.2 Å². The lowest BCUT2D eigenvalue weighted by Gasteiger charge is -2.11. The minimum Gasteiger partial charge on any atom is -0.465 e. The van der Waals surface area contributed by atoms with E-state index in [9.17, 15) is 18.0 Å². The minimum atomic E-state index is -3.78. The van der Waals surface area contributed by atoms with Crippen LogP contribution in [0.3, 0.4) is 0 Å². The topological polar surface area (TPSA) is 98.8 Å². The first kappa shape index (κ1) is 20.6. The normalized spacial score (nSPS) is 11.1. The third kappa shape index (κ3) is 5.15. The molecule has 1 N–H and O–H groups in total. The molecule has 0 fully saturated rings. The van der Waals surface area contributed by atoms with Crippen molar-refractivity contribution in [2.45, 2.75) is 18.2 Å². The van der Waals surface area contributed by atoms with Gasteiger partial charge in [0.15, 0.2) is 0 Å². The summed E-state index contributed by atoms with van der Waals surface area (Å²) in [6.07, 6.45) is 0.441. The molecule has 7 nitrogen and oxygen atoms in total. The SMILES string of the molecule is COC(=O)c1ccc(CCNS(=O)(=O)c2cc(C(=O)OC)ccc2C)cc1. The molecule has 0 heterocycles. The summed E-state index contributed by atoms with van der Waals surface area (Å²) in [6.45, 7) is 1.82. The van der Waals surface area contributed by atoms with E-state index >= 15 is 0 Å². The van der Waals surface area contributed by atoms with Gasteiger partial charge in [-0.15, -0.1) is 0 Å². The van der Waals surface area contributed by atoms with E-state index in [-0.39, 0.29) is 17.0 Å². The number of hydrogen-bond donors (Lipinski definition) is 1. The van der Waals surface area contributed by atoms with Gasteiger partial charge in [0.25, 0.3) is 0 Å². The number of carbonyl (C=O) groups excluding carboxylic acids is 2. The lowest BCUT2D eigenvalue weighted by molar-refractivity contribution is 0.0591. The molecule has 0 saturated heterocycles. The Hall–Kier alpha value is -2.71. The predicted octanol–water partition coefficient (Wildman–Crippen LogP) is 2.09. The fraction of sp³-hybridized carbons (Fsp3) is 0.263. The summed E-state index contributed by atoms with van der Waals surface area (Å²) in [4.78, 5) is 23.1. The number of rotatable bonds is 7. The van der Waals surface area contributed by atoms with Crippen molar-refractivity contribution in [3.05, 3.63) is 64.7 Å².